The van der Waals surface area contributed by atoms with Gasteiger partial charge in [0.15, 0.2) is 11.5 Å². The molecule has 1 aliphatic rings. The SMILES string of the molecule is CC(NCc1cccc(C(N)=O)c1)c1cc2c(cc1Br)OCCO2. The minimum Gasteiger partial charge on any atom is -0.486 e. The van der Waals surface area contributed by atoms with Crippen molar-refractivity contribution in [2.75, 3.05) is 13.2 Å². The van der Waals surface area contributed by atoms with Gasteiger partial charge in [0.25, 0.3) is 0 Å². The zero-order chi connectivity index (χ0) is 17.1. The summed E-state index contributed by atoms with van der Waals surface area (Å²) in [4.78, 5) is 11.3. The average molecular weight is 391 g/mol. The van der Waals surface area contributed by atoms with Crippen LogP contribution in [-0.2, 0) is 6.54 Å². The number of carbonyl (C=O) groups excluding carboxylic acids is 1. The molecule has 0 saturated heterocycles. The molecule has 3 N–H and O–H groups in total. The summed E-state index contributed by atoms with van der Waals surface area (Å²) in [6, 6.07) is 11.3. The van der Waals surface area contributed by atoms with E-state index in [-0.39, 0.29) is 6.04 Å². The third-order valence-electron chi connectivity index (χ3n) is 3.95. The van der Waals surface area contributed by atoms with E-state index in [9.17, 15) is 4.79 Å². The number of benzene rings is 2. The van der Waals surface area contributed by atoms with Crippen molar-refractivity contribution in [3.8, 4) is 11.5 Å². The van der Waals surface area contributed by atoms with Gasteiger partial charge in [-0.2, -0.15) is 0 Å². The molecule has 5 nitrogen and oxygen atoms in total. The Bertz CT molecular complexity index is 764. The van der Waals surface area contributed by atoms with E-state index in [0.29, 0.717) is 25.3 Å². The number of nitrogens with two attached hydrogens (primary N) is 1. The molecular formula is C18H19BrN2O3. The number of ether oxygens (including phenoxy) is 2. The number of fused-ring (bicyclic) bond motifs is 1. The second-order valence-electron chi connectivity index (χ2n) is 5.68. The average Bonchev–Trinajstić information content (AvgIpc) is 2.59. The van der Waals surface area contributed by atoms with Crippen LogP contribution in [0.1, 0.15) is 34.5 Å². The number of carbonyl (C=O) groups is 1. The van der Waals surface area contributed by atoms with Gasteiger partial charge < -0.3 is 20.5 Å². The lowest BCUT2D eigenvalue weighted by Crippen LogP contribution is -2.20. The van der Waals surface area contributed by atoms with Crippen molar-refractivity contribution >= 4 is 21.8 Å². The number of rotatable bonds is 5. The van der Waals surface area contributed by atoms with Gasteiger partial charge in [0, 0.05) is 22.6 Å². The molecular weight excluding hydrogens is 372 g/mol. The quantitative estimate of drug-likeness (QED) is 0.821. The summed E-state index contributed by atoms with van der Waals surface area (Å²) in [5.41, 5.74) is 7.93. The van der Waals surface area contributed by atoms with Crippen LogP contribution < -0.4 is 20.5 Å². The fraction of sp³-hybridized carbons (Fsp3) is 0.278. The molecule has 1 heterocycles. The highest BCUT2D eigenvalue weighted by Gasteiger charge is 2.18. The van der Waals surface area contributed by atoms with Gasteiger partial charge >= 0.3 is 0 Å². The molecule has 0 spiro atoms. The second-order valence-corrected chi connectivity index (χ2v) is 6.54. The highest BCUT2D eigenvalue weighted by molar-refractivity contribution is 9.10. The van der Waals surface area contributed by atoms with E-state index in [2.05, 4.69) is 28.2 Å². The van der Waals surface area contributed by atoms with Crippen molar-refractivity contribution < 1.29 is 14.3 Å². The van der Waals surface area contributed by atoms with Crippen molar-refractivity contribution in [1.82, 2.24) is 5.32 Å². The molecule has 0 saturated carbocycles. The van der Waals surface area contributed by atoms with Crippen LogP contribution in [0.25, 0.3) is 0 Å². The Morgan fingerprint density at radius 1 is 1.25 bits per heavy atom. The smallest absolute Gasteiger partial charge is 0.248 e. The summed E-state index contributed by atoms with van der Waals surface area (Å²) in [5, 5.41) is 3.45. The van der Waals surface area contributed by atoms with Crippen molar-refractivity contribution in [1.29, 1.82) is 0 Å². The molecule has 0 fully saturated rings. The summed E-state index contributed by atoms with van der Waals surface area (Å²) in [6.45, 7) is 3.84. The molecule has 0 aromatic heterocycles. The molecule has 2 aromatic carbocycles. The number of nitrogens with one attached hydrogen (secondary N) is 1. The summed E-state index contributed by atoms with van der Waals surface area (Å²) in [6.07, 6.45) is 0. The third kappa shape index (κ3) is 3.71. The molecule has 3 rings (SSSR count). The third-order valence-corrected chi connectivity index (χ3v) is 4.64. The van der Waals surface area contributed by atoms with Gasteiger partial charge in [-0.25, -0.2) is 0 Å². The van der Waals surface area contributed by atoms with Gasteiger partial charge in [0.2, 0.25) is 5.91 Å². The Balaban J connectivity index is 1.72. The molecule has 24 heavy (non-hydrogen) atoms. The lowest BCUT2D eigenvalue weighted by Gasteiger charge is -2.22. The maximum absolute atomic E-state index is 11.3. The van der Waals surface area contributed by atoms with Gasteiger partial charge in [0.1, 0.15) is 13.2 Å². The summed E-state index contributed by atoms with van der Waals surface area (Å²) in [5.74, 6) is 1.11. The van der Waals surface area contributed by atoms with Crippen molar-refractivity contribution in [2.45, 2.75) is 19.5 Å². The van der Waals surface area contributed by atoms with Gasteiger partial charge in [0.05, 0.1) is 0 Å². The van der Waals surface area contributed by atoms with E-state index in [1.807, 2.05) is 24.3 Å². The summed E-state index contributed by atoms with van der Waals surface area (Å²) >= 11 is 3.60. The van der Waals surface area contributed by atoms with Crippen LogP contribution in [0.3, 0.4) is 0 Å². The van der Waals surface area contributed by atoms with Crippen molar-refractivity contribution in [2.24, 2.45) is 5.73 Å². The van der Waals surface area contributed by atoms with E-state index < -0.39 is 5.91 Å². The van der Waals surface area contributed by atoms with Crippen LogP contribution >= 0.6 is 15.9 Å². The first-order valence-electron chi connectivity index (χ1n) is 7.76. The Kier molecular flexibility index (Phi) is 5.06. The topological polar surface area (TPSA) is 73.6 Å². The van der Waals surface area contributed by atoms with E-state index in [4.69, 9.17) is 15.2 Å². The molecule has 1 atom stereocenters. The molecule has 0 radical (unpaired) electrons. The summed E-state index contributed by atoms with van der Waals surface area (Å²) in [7, 11) is 0. The molecule has 126 valence electrons. The van der Waals surface area contributed by atoms with Gasteiger partial charge in [-0.3, -0.25) is 4.79 Å². The predicted octanol–water partition coefficient (Wildman–Crippen LogP) is 3.17. The Hall–Kier alpha value is -2.05. The molecule has 1 aliphatic heterocycles. The Morgan fingerprint density at radius 3 is 2.67 bits per heavy atom. The molecule has 1 amide bonds. The van der Waals surface area contributed by atoms with Gasteiger partial charge in [-0.1, -0.05) is 28.1 Å². The Labute approximate surface area is 149 Å². The van der Waals surface area contributed by atoms with E-state index >= 15 is 0 Å². The van der Waals surface area contributed by atoms with Crippen LogP contribution in [0.5, 0.6) is 11.5 Å². The molecule has 0 aliphatic carbocycles. The van der Waals surface area contributed by atoms with Crippen LogP contribution in [0.4, 0.5) is 0 Å². The van der Waals surface area contributed by atoms with Gasteiger partial charge in [-0.05, 0) is 42.3 Å². The number of amides is 1. The molecule has 2 aromatic rings. The number of hydrogen-bond acceptors (Lipinski definition) is 4. The van der Waals surface area contributed by atoms with E-state index in [0.717, 1.165) is 27.1 Å². The number of primary amides is 1. The van der Waals surface area contributed by atoms with E-state index in [1.165, 1.54) is 0 Å². The molecule has 0 bridgehead atoms. The maximum atomic E-state index is 11.3. The zero-order valence-electron chi connectivity index (χ0n) is 13.3. The largest absolute Gasteiger partial charge is 0.486 e. The molecule has 1 unspecified atom stereocenters. The van der Waals surface area contributed by atoms with Crippen LogP contribution in [0.2, 0.25) is 0 Å². The minimum absolute atomic E-state index is 0.0902. The first-order valence-corrected chi connectivity index (χ1v) is 8.55. The highest BCUT2D eigenvalue weighted by atomic mass is 79.9. The standard InChI is InChI=1S/C18H19BrN2O3/c1-11(21-10-12-3-2-4-13(7-12)18(20)22)14-8-16-17(9-15(14)19)24-6-5-23-16/h2-4,7-9,11,21H,5-6,10H2,1H3,(H2,20,22). The van der Waals surface area contributed by atoms with Crippen LogP contribution in [0.15, 0.2) is 40.9 Å². The molecule has 6 heteroatoms. The Morgan fingerprint density at radius 2 is 1.96 bits per heavy atom. The maximum Gasteiger partial charge on any atom is 0.248 e. The summed E-state index contributed by atoms with van der Waals surface area (Å²) < 4.78 is 12.2. The number of hydrogen-bond donors (Lipinski definition) is 2. The first kappa shape index (κ1) is 16.8. The van der Waals surface area contributed by atoms with Crippen LogP contribution in [-0.4, -0.2) is 19.1 Å². The van der Waals surface area contributed by atoms with Gasteiger partial charge in [-0.15, -0.1) is 0 Å². The number of halogens is 1. The fourth-order valence-electron chi connectivity index (χ4n) is 2.63. The van der Waals surface area contributed by atoms with Crippen LogP contribution in [0, 0.1) is 0 Å². The lowest BCUT2D eigenvalue weighted by atomic mass is 10.1. The normalized spacial score (nSPS) is 14.2. The van der Waals surface area contributed by atoms with E-state index in [1.54, 1.807) is 12.1 Å². The second kappa shape index (κ2) is 7.23. The van der Waals surface area contributed by atoms with Crippen molar-refractivity contribution in [3.63, 3.8) is 0 Å². The highest BCUT2D eigenvalue weighted by Crippen LogP contribution is 2.37. The fourth-order valence-corrected chi connectivity index (χ4v) is 3.29. The minimum atomic E-state index is -0.417. The monoisotopic (exact) mass is 390 g/mol. The lowest BCUT2D eigenvalue weighted by molar-refractivity contribution is 0.1000. The first-order chi connectivity index (χ1) is 11.5. The predicted molar refractivity (Wildman–Crippen MR) is 95.3 cm³/mol. The zero-order valence-corrected chi connectivity index (χ0v) is 14.9. The van der Waals surface area contributed by atoms with Crippen molar-refractivity contribution in [3.05, 3.63) is 57.6 Å².